The molecule has 1 saturated heterocycles. The Morgan fingerprint density at radius 3 is 3.05 bits per heavy atom. The smallest absolute Gasteiger partial charge is 0.226 e. The maximum absolute atomic E-state index is 4.63. The molecule has 0 saturated carbocycles. The quantitative estimate of drug-likeness (QED) is 0.869. The Labute approximate surface area is 116 Å². The molecule has 0 bridgehead atoms. The van der Waals surface area contributed by atoms with Gasteiger partial charge in [-0.2, -0.15) is 4.98 Å². The van der Waals surface area contributed by atoms with Crippen molar-refractivity contribution in [1.29, 1.82) is 0 Å². The summed E-state index contributed by atoms with van der Waals surface area (Å²) in [6.45, 7) is 6.52. The molecule has 0 aliphatic carbocycles. The van der Waals surface area contributed by atoms with Crippen molar-refractivity contribution in [2.24, 2.45) is 5.92 Å². The maximum Gasteiger partial charge on any atom is 0.226 e. The van der Waals surface area contributed by atoms with E-state index in [0.29, 0.717) is 0 Å². The number of anilines is 2. The van der Waals surface area contributed by atoms with Crippen LogP contribution in [0.25, 0.3) is 0 Å². The van der Waals surface area contributed by atoms with Gasteiger partial charge in [0, 0.05) is 33.4 Å². The van der Waals surface area contributed by atoms with Crippen LogP contribution in [0.15, 0.2) is 12.3 Å². The summed E-state index contributed by atoms with van der Waals surface area (Å²) in [6.07, 6.45) is 4.41. The topological polar surface area (TPSA) is 44.3 Å². The number of rotatable bonds is 5. The Morgan fingerprint density at radius 2 is 2.32 bits per heavy atom. The lowest BCUT2D eigenvalue weighted by atomic mass is 9.98. The monoisotopic (exact) mass is 263 g/mol. The van der Waals surface area contributed by atoms with Crippen LogP contribution >= 0.6 is 0 Å². The van der Waals surface area contributed by atoms with Gasteiger partial charge in [0.05, 0.1) is 0 Å². The van der Waals surface area contributed by atoms with Gasteiger partial charge in [0.25, 0.3) is 0 Å². The zero-order chi connectivity index (χ0) is 13.7. The lowest BCUT2D eigenvalue weighted by molar-refractivity contribution is 0.394. The first-order valence-electron chi connectivity index (χ1n) is 7.16. The third kappa shape index (κ3) is 3.80. The van der Waals surface area contributed by atoms with Gasteiger partial charge in [-0.05, 0) is 37.9 Å². The fourth-order valence-electron chi connectivity index (χ4n) is 2.52. The largest absolute Gasteiger partial charge is 0.356 e. The molecule has 1 aromatic rings. The summed E-state index contributed by atoms with van der Waals surface area (Å²) >= 11 is 0. The van der Waals surface area contributed by atoms with Gasteiger partial charge in [0.1, 0.15) is 5.82 Å². The number of hydrogen-bond donors (Lipinski definition) is 1. The minimum atomic E-state index is 0.728. The normalized spacial score (nSPS) is 19.5. The van der Waals surface area contributed by atoms with Crippen LogP contribution in [0.3, 0.4) is 0 Å². The molecule has 106 valence electrons. The molecular formula is C14H25N5. The second-order valence-corrected chi connectivity index (χ2v) is 5.37. The van der Waals surface area contributed by atoms with Crippen LogP contribution in [0.5, 0.6) is 0 Å². The minimum Gasteiger partial charge on any atom is -0.356 e. The molecule has 1 aromatic heterocycles. The first-order valence-corrected chi connectivity index (χ1v) is 7.16. The molecule has 1 aliphatic heterocycles. The molecule has 5 nitrogen and oxygen atoms in total. The van der Waals surface area contributed by atoms with Crippen molar-refractivity contribution in [2.75, 3.05) is 50.1 Å². The van der Waals surface area contributed by atoms with Crippen LogP contribution in [0.4, 0.5) is 11.8 Å². The van der Waals surface area contributed by atoms with Gasteiger partial charge in [0.15, 0.2) is 0 Å². The van der Waals surface area contributed by atoms with E-state index in [1.165, 1.54) is 12.8 Å². The van der Waals surface area contributed by atoms with Crippen molar-refractivity contribution in [1.82, 2.24) is 15.3 Å². The van der Waals surface area contributed by atoms with E-state index in [4.69, 9.17) is 0 Å². The Kier molecular flexibility index (Phi) is 4.96. The van der Waals surface area contributed by atoms with Crippen LogP contribution in [0.1, 0.15) is 19.8 Å². The molecule has 0 amide bonds. The number of nitrogens with zero attached hydrogens (tertiary/aromatic N) is 4. The molecule has 0 aromatic carbocycles. The summed E-state index contributed by atoms with van der Waals surface area (Å²) in [5.74, 6) is 2.57. The lowest BCUT2D eigenvalue weighted by Gasteiger charge is -2.34. The number of hydrogen-bond acceptors (Lipinski definition) is 5. The summed E-state index contributed by atoms with van der Waals surface area (Å²) < 4.78 is 0. The molecule has 1 atom stereocenters. The fourth-order valence-corrected chi connectivity index (χ4v) is 2.52. The SMILES string of the molecule is CCNCC1CCCN(c2ccnc(N(C)C)n2)C1. The van der Waals surface area contributed by atoms with Crippen LogP contribution < -0.4 is 15.1 Å². The molecular weight excluding hydrogens is 238 g/mol. The number of aromatic nitrogens is 2. The minimum absolute atomic E-state index is 0.728. The predicted molar refractivity (Wildman–Crippen MR) is 79.8 cm³/mol. The van der Waals surface area contributed by atoms with E-state index in [9.17, 15) is 0 Å². The number of piperidine rings is 1. The standard InChI is InChI=1S/C14H25N5/c1-4-15-10-12-6-5-9-19(11-12)13-7-8-16-14(17-13)18(2)3/h7-8,12,15H,4-6,9-11H2,1-3H3. The van der Waals surface area contributed by atoms with Crippen molar-refractivity contribution >= 4 is 11.8 Å². The van der Waals surface area contributed by atoms with Crippen molar-refractivity contribution < 1.29 is 0 Å². The van der Waals surface area contributed by atoms with Crippen LogP contribution in [0.2, 0.25) is 0 Å². The van der Waals surface area contributed by atoms with Crippen molar-refractivity contribution in [3.63, 3.8) is 0 Å². The molecule has 0 radical (unpaired) electrons. The Hall–Kier alpha value is -1.36. The van der Waals surface area contributed by atoms with Crippen LogP contribution in [0, 0.1) is 5.92 Å². The van der Waals surface area contributed by atoms with Gasteiger partial charge >= 0.3 is 0 Å². The molecule has 0 spiro atoms. The summed E-state index contributed by atoms with van der Waals surface area (Å²) in [5, 5.41) is 3.45. The Balaban J connectivity index is 2.02. The van der Waals surface area contributed by atoms with Gasteiger partial charge < -0.3 is 15.1 Å². The summed E-state index contributed by atoms with van der Waals surface area (Å²) in [6, 6.07) is 2.02. The Morgan fingerprint density at radius 1 is 1.47 bits per heavy atom. The van der Waals surface area contributed by atoms with Crippen LogP contribution in [-0.2, 0) is 0 Å². The summed E-state index contributed by atoms with van der Waals surface area (Å²) in [7, 11) is 3.95. The van der Waals surface area contributed by atoms with E-state index in [1.54, 1.807) is 0 Å². The third-order valence-electron chi connectivity index (χ3n) is 3.55. The van der Waals surface area contributed by atoms with Crippen LogP contribution in [-0.4, -0.2) is 50.2 Å². The number of nitrogens with one attached hydrogen (secondary N) is 1. The van der Waals surface area contributed by atoms with E-state index in [1.807, 2.05) is 31.3 Å². The Bertz CT molecular complexity index is 393. The fraction of sp³-hybridized carbons (Fsp3) is 0.714. The average molecular weight is 263 g/mol. The summed E-state index contributed by atoms with van der Waals surface area (Å²) in [4.78, 5) is 13.2. The zero-order valence-corrected chi connectivity index (χ0v) is 12.3. The van der Waals surface area contributed by atoms with E-state index >= 15 is 0 Å². The van der Waals surface area contributed by atoms with Crippen molar-refractivity contribution in [3.8, 4) is 0 Å². The highest BCUT2D eigenvalue weighted by molar-refractivity contribution is 5.43. The van der Waals surface area contributed by atoms with Gasteiger partial charge in [-0.15, -0.1) is 0 Å². The van der Waals surface area contributed by atoms with Gasteiger partial charge in [-0.1, -0.05) is 6.92 Å². The van der Waals surface area contributed by atoms with Gasteiger partial charge in [-0.25, -0.2) is 4.98 Å². The molecule has 1 aliphatic rings. The second kappa shape index (κ2) is 6.70. The summed E-state index contributed by atoms with van der Waals surface area (Å²) in [5.41, 5.74) is 0. The van der Waals surface area contributed by atoms with Gasteiger partial charge in [0.2, 0.25) is 5.95 Å². The molecule has 2 heterocycles. The predicted octanol–water partition coefficient (Wildman–Crippen LogP) is 1.37. The third-order valence-corrected chi connectivity index (χ3v) is 3.55. The average Bonchev–Trinajstić information content (AvgIpc) is 2.45. The maximum atomic E-state index is 4.63. The van der Waals surface area contributed by atoms with Gasteiger partial charge in [-0.3, -0.25) is 0 Å². The highest BCUT2D eigenvalue weighted by atomic mass is 15.3. The van der Waals surface area contributed by atoms with E-state index in [-0.39, 0.29) is 0 Å². The zero-order valence-electron chi connectivity index (χ0n) is 12.3. The van der Waals surface area contributed by atoms with E-state index in [2.05, 4.69) is 27.1 Å². The first kappa shape index (κ1) is 14.1. The highest BCUT2D eigenvalue weighted by Gasteiger charge is 2.20. The van der Waals surface area contributed by atoms with Crippen molar-refractivity contribution in [3.05, 3.63) is 12.3 Å². The molecule has 5 heteroatoms. The first-order chi connectivity index (χ1) is 9.20. The molecule has 19 heavy (non-hydrogen) atoms. The second-order valence-electron chi connectivity index (χ2n) is 5.37. The molecule has 2 rings (SSSR count). The van der Waals surface area contributed by atoms with E-state index in [0.717, 1.165) is 43.9 Å². The molecule has 1 N–H and O–H groups in total. The molecule has 1 fully saturated rings. The molecule has 1 unspecified atom stereocenters. The highest BCUT2D eigenvalue weighted by Crippen LogP contribution is 2.22. The van der Waals surface area contributed by atoms with Crippen molar-refractivity contribution in [2.45, 2.75) is 19.8 Å². The lowest BCUT2D eigenvalue weighted by Crippen LogP contribution is -2.40. The van der Waals surface area contributed by atoms with E-state index < -0.39 is 0 Å².